The molecule has 4 heteroatoms. The number of carbonyl (C=O) groups is 1. The van der Waals surface area contributed by atoms with Gasteiger partial charge in [0, 0.05) is 4.88 Å². The molecule has 100 valence electrons. The van der Waals surface area contributed by atoms with Crippen LogP contribution < -0.4 is 5.32 Å². The third kappa shape index (κ3) is 3.58. The Balaban J connectivity index is 1.95. The van der Waals surface area contributed by atoms with Crippen molar-refractivity contribution in [3.63, 3.8) is 0 Å². The molecule has 2 nitrogen and oxygen atoms in total. The molecular weight excluding hydrogens is 278 g/mol. The van der Waals surface area contributed by atoms with Crippen LogP contribution >= 0.6 is 22.9 Å². The van der Waals surface area contributed by atoms with E-state index in [9.17, 15) is 4.79 Å². The number of benzene rings is 1. The molecule has 0 fully saturated rings. The van der Waals surface area contributed by atoms with E-state index in [2.05, 4.69) is 23.7 Å². The highest BCUT2D eigenvalue weighted by atomic mass is 35.5. The van der Waals surface area contributed by atoms with Gasteiger partial charge in [0.15, 0.2) is 0 Å². The van der Waals surface area contributed by atoms with Crippen molar-refractivity contribution in [2.45, 2.75) is 25.3 Å². The zero-order valence-corrected chi connectivity index (χ0v) is 12.3. The van der Waals surface area contributed by atoms with Gasteiger partial charge in [-0.05, 0) is 29.0 Å². The van der Waals surface area contributed by atoms with E-state index in [4.69, 9.17) is 11.6 Å². The van der Waals surface area contributed by atoms with Gasteiger partial charge in [-0.25, -0.2) is 0 Å². The summed E-state index contributed by atoms with van der Waals surface area (Å²) in [6.45, 7) is 2.66. The maximum Gasteiger partial charge on any atom is 0.242 e. The zero-order chi connectivity index (χ0) is 13.7. The van der Waals surface area contributed by atoms with Crippen LogP contribution in [0.4, 0.5) is 0 Å². The molecule has 0 aliphatic heterocycles. The molecule has 1 heterocycles. The van der Waals surface area contributed by atoms with Crippen LogP contribution in [0, 0.1) is 0 Å². The second-order valence-electron chi connectivity index (χ2n) is 4.21. The molecule has 1 aromatic carbocycles. The van der Waals surface area contributed by atoms with Crippen molar-refractivity contribution in [3.05, 3.63) is 57.8 Å². The van der Waals surface area contributed by atoms with Gasteiger partial charge in [-0.3, -0.25) is 4.79 Å². The molecule has 0 spiro atoms. The van der Waals surface area contributed by atoms with E-state index in [1.54, 1.807) is 11.3 Å². The van der Waals surface area contributed by atoms with Gasteiger partial charge in [-0.15, -0.1) is 22.9 Å². The van der Waals surface area contributed by atoms with E-state index in [0.29, 0.717) is 6.54 Å². The maximum absolute atomic E-state index is 12.0. The quantitative estimate of drug-likeness (QED) is 0.832. The third-order valence-electron chi connectivity index (χ3n) is 2.96. The van der Waals surface area contributed by atoms with E-state index in [0.717, 1.165) is 12.0 Å². The van der Waals surface area contributed by atoms with Gasteiger partial charge in [-0.1, -0.05) is 37.3 Å². The fourth-order valence-electron chi connectivity index (χ4n) is 1.87. The van der Waals surface area contributed by atoms with Crippen LogP contribution in [0.1, 0.15) is 28.3 Å². The van der Waals surface area contributed by atoms with Crippen LogP contribution in [0.2, 0.25) is 0 Å². The highest BCUT2D eigenvalue weighted by molar-refractivity contribution is 7.10. The zero-order valence-electron chi connectivity index (χ0n) is 10.7. The Morgan fingerprint density at radius 1 is 1.32 bits per heavy atom. The number of rotatable bonds is 5. The Kier molecular flexibility index (Phi) is 5.00. The lowest BCUT2D eigenvalue weighted by Crippen LogP contribution is -2.26. The van der Waals surface area contributed by atoms with Gasteiger partial charge < -0.3 is 5.32 Å². The van der Waals surface area contributed by atoms with Crippen LogP contribution in [-0.2, 0) is 17.8 Å². The van der Waals surface area contributed by atoms with Crippen molar-refractivity contribution in [2.75, 3.05) is 0 Å². The molecule has 1 atom stereocenters. The van der Waals surface area contributed by atoms with Crippen LogP contribution in [-0.4, -0.2) is 5.91 Å². The molecule has 1 amide bonds. The molecule has 0 aliphatic carbocycles. The van der Waals surface area contributed by atoms with Crippen molar-refractivity contribution >= 4 is 28.8 Å². The standard InChI is InChI=1S/C15H16ClNOS/c1-2-11-8-9-19-13(11)10-17-15(18)14(16)12-6-4-3-5-7-12/h3-9,14H,2,10H2,1H3,(H,17,18). The minimum absolute atomic E-state index is 0.150. The van der Waals surface area contributed by atoms with Gasteiger partial charge in [0.25, 0.3) is 0 Å². The van der Waals surface area contributed by atoms with Crippen LogP contribution in [0.3, 0.4) is 0 Å². The Hall–Kier alpha value is -1.32. The smallest absolute Gasteiger partial charge is 0.242 e. The summed E-state index contributed by atoms with van der Waals surface area (Å²) >= 11 is 7.83. The summed E-state index contributed by atoms with van der Waals surface area (Å²) in [6, 6.07) is 11.5. The SMILES string of the molecule is CCc1ccsc1CNC(=O)C(Cl)c1ccccc1. The predicted octanol–water partition coefficient (Wildman–Crippen LogP) is 3.91. The maximum atomic E-state index is 12.0. The Bertz CT molecular complexity index is 538. The number of hydrogen-bond donors (Lipinski definition) is 1. The number of hydrogen-bond acceptors (Lipinski definition) is 2. The summed E-state index contributed by atoms with van der Waals surface area (Å²) in [6.07, 6.45) is 0.984. The molecule has 2 aromatic rings. The van der Waals surface area contributed by atoms with Gasteiger partial charge in [0.2, 0.25) is 5.91 Å². The lowest BCUT2D eigenvalue weighted by atomic mass is 10.1. The van der Waals surface area contributed by atoms with Gasteiger partial charge in [0.1, 0.15) is 5.38 Å². The van der Waals surface area contributed by atoms with E-state index >= 15 is 0 Å². The number of carbonyl (C=O) groups excluding carboxylic acids is 1. The van der Waals surface area contributed by atoms with Crippen molar-refractivity contribution in [1.29, 1.82) is 0 Å². The van der Waals surface area contributed by atoms with Gasteiger partial charge in [0.05, 0.1) is 6.54 Å². The highest BCUT2D eigenvalue weighted by Crippen LogP contribution is 2.21. The van der Waals surface area contributed by atoms with Crippen molar-refractivity contribution in [3.8, 4) is 0 Å². The molecule has 1 aromatic heterocycles. The topological polar surface area (TPSA) is 29.1 Å². The van der Waals surface area contributed by atoms with Crippen molar-refractivity contribution < 1.29 is 4.79 Å². The lowest BCUT2D eigenvalue weighted by molar-refractivity contribution is -0.121. The molecule has 2 rings (SSSR count). The van der Waals surface area contributed by atoms with E-state index in [1.165, 1.54) is 10.4 Å². The number of nitrogens with one attached hydrogen (secondary N) is 1. The Labute approximate surface area is 122 Å². The first-order valence-corrected chi connectivity index (χ1v) is 7.56. The first-order chi connectivity index (χ1) is 9.22. The van der Waals surface area contributed by atoms with Crippen molar-refractivity contribution in [2.24, 2.45) is 0 Å². The fraction of sp³-hybridized carbons (Fsp3) is 0.267. The highest BCUT2D eigenvalue weighted by Gasteiger charge is 2.17. The molecular formula is C15H16ClNOS. The Morgan fingerprint density at radius 2 is 2.05 bits per heavy atom. The molecule has 1 N–H and O–H groups in total. The molecule has 0 saturated heterocycles. The fourth-order valence-corrected chi connectivity index (χ4v) is 3.01. The Morgan fingerprint density at radius 3 is 2.74 bits per heavy atom. The summed E-state index contributed by atoms with van der Waals surface area (Å²) in [5, 5.41) is 4.32. The van der Waals surface area contributed by atoms with Crippen LogP contribution in [0.25, 0.3) is 0 Å². The first-order valence-electron chi connectivity index (χ1n) is 6.24. The normalized spacial score (nSPS) is 12.1. The third-order valence-corrected chi connectivity index (χ3v) is 4.38. The minimum atomic E-state index is -0.633. The largest absolute Gasteiger partial charge is 0.350 e. The summed E-state index contributed by atoms with van der Waals surface area (Å²) in [4.78, 5) is 13.2. The minimum Gasteiger partial charge on any atom is -0.350 e. The van der Waals surface area contributed by atoms with Gasteiger partial charge in [-0.2, -0.15) is 0 Å². The second-order valence-corrected chi connectivity index (χ2v) is 5.65. The van der Waals surface area contributed by atoms with Gasteiger partial charge >= 0.3 is 0 Å². The number of halogens is 1. The monoisotopic (exact) mass is 293 g/mol. The molecule has 0 aliphatic rings. The number of aryl methyl sites for hydroxylation is 1. The average Bonchev–Trinajstić information content (AvgIpc) is 2.92. The molecule has 0 saturated carbocycles. The van der Waals surface area contributed by atoms with E-state index < -0.39 is 5.38 Å². The molecule has 1 unspecified atom stereocenters. The molecule has 19 heavy (non-hydrogen) atoms. The van der Waals surface area contributed by atoms with E-state index in [-0.39, 0.29) is 5.91 Å². The van der Waals surface area contributed by atoms with Crippen LogP contribution in [0.15, 0.2) is 41.8 Å². The summed E-state index contributed by atoms with van der Waals surface area (Å²) in [5.74, 6) is -0.150. The predicted molar refractivity (Wildman–Crippen MR) is 80.6 cm³/mol. The lowest BCUT2D eigenvalue weighted by Gasteiger charge is -2.10. The number of amides is 1. The average molecular weight is 294 g/mol. The summed E-state index contributed by atoms with van der Waals surface area (Å²) in [5.41, 5.74) is 2.11. The molecule has 0 bridgehead atoms. The van der Waals surface area contributed by atoms with Crippen molar-refractivity contribution in [1.82, 2.24) is 5.32 Å². The summed E-state index contributed by atoms with van der Waals surface area (Å²) < 4.78 is 0. The number of thiophene rings is 1. The first kappa shape index (κ1) is 14.1. The number of alkyl halides is 1. The molecule has 0 radical (unpaired) electrons. The summed E-state index contributed by atoms with van der Waals surface area (Å²) in [7, 11) is 0. The second kappa shape index (κ2) is 6.73. The van der Waals surface area contributed by atoms with E-state index in [1.807, 2.05) is 30.3 Å². The van der Waals surface area contributed by atoms with Crippen LogP contribution in [0.5, 0.6) is 0 Å².